The quantitative estimate of drug-likeness (QED) is 0.520. The Morgan fingerprint density at radius 1 is 0.360 bits per heavy atom. The molecular weight excluding hydrogens is 402 g/mol. The predicted molar refractivity (Wildman–Crippen MR) is 89.8 cm³/mol. The molecule has 126 valence electrons. The summed E-state index contributed by atoms with van der Waals surface area (Å²) in [6.07, 6.45) is 10.5. The Labute approximate surface area is 162 Å². The first-order chi connectivity index (χ1) is 12.0. The van der Waals surface area contributed by atoms with E-state index in [0.29, 0.717) is 0 Å². The third-order valence-electron chi connectivity index (χ3n) is 1.70. The van der Waals surface area contributed by atoms with Crippen LogP contribution < -0.4 is 0 Å². The molecule has 0 bridgehead atoms. The molecular formula is C18H15MoN3O3. The maximum atomic E-state index is 7.50. The van der Waals surface area contributed by atoms with Gasteiger partial charge in [0.25, 0.3) is 20.4 Å². The smallest absolute Gasteiger partial charge is 0.281 e. The first-order valence-corrected chi connectivity index (χ1v) is 6.16. The van der Waals surface area contributed by atoms with Crippen LogP contribution in [0.2, 0.25) is 0 Å². The molecule has 7 heteroatoms. The minimum absolute atomic E-state index is 0. The molecule has 6 radical (unpaired) electrons. The standard InChI is InChI=1S/3C5H5N.3CO.Mo/c3*1-2-4-6-5-3-1;3*1-2;/h3*1-5H;;;;. The van der Waals surface area contributed by atoms with E-state index in [0.717, 1.165) is 0 Å². The Morgan fingerprint density at radius 3 is 0.560 bits per heavy atom. The van der Waals surface area contributed by atoms with E-state index in [1.807, 2.05) is 54.6 Å². The molecule has 0 atom stereocenters. The van der Waals surface area contributed by atoms with Gasteiger partial charge in [-0.15, -0.1) is 0 Å². The van der Waals surface area contributed by atoms with E-state index < -0.39 is 0 Å². The van der Waals surface area contributed by atoms with Crippen molar-refractivity contribution in [2.24, 2.45) is 0 Å². The van der Waals surface area contributed by atoms with Gasteiger partial charge in [-0.1, -0.05) is 18.2 Å². The molecule has 0 saturated heterocycles. The third kappa shape index (κ3) is 33.8. The van der Waals surface area contributed by atoms with Crippen LogP contribution in [0.1, 0.15) is 0 Å². The van der Waals surface area contributed by atoms with Gasteiger partial charge in [0.05, 0.1) is 0 Å². The predicted octanol–water partition coefficient (Wildman–Crippen LogP) is 2.05. The van der Waals surface area contributed by atoms with Crippen molar-refractivity contribution in [2.45, 2.75) is 0 Å². The molecule has 3 aromatic rings. The van der Waals surface area contributed by atoms with E-state index in [9.17, 15) is 0 Å². The second kappa shape index (κ2) is 37.4. The van der Waals surface area contributed by atoms with Gasteiger partial charge in [0.2, 0.25) is 0 Å². The molecule has 0 aliphatic rings. The van der Waals surface area contributed by atoms with Gasteiger partial charge in [0, 0.05) is 58.2 Å². The van der Waals surface area contributed by atoms with Gasteiger partial charge in [0.1, 0.15) is 0 Å². The number of carbonyl (C=O) groups excluding carboxylic acids is 3. The summed E-state index contributed by atoms with van der Waals surface area (Å²) in [5, 5.41) is 0. The topological polar surface area (TPSA) is 89.9 Å². The molecule has 0 N–H and O–H groups in total. The van der Waals surface area contributed by atoms with Gasteiger partial charge in [-0.25, -0.2) is 0 Å². The zero-order chi connectivity index (χ0) is 18.7. The van der Waals surface area contributed by atoms with Crippen LogP contribution in [0.4, 0.5) is 0 Å². The van der Waals surface area contributed by atoms with Crippen LogP contribution >= 0.6 is 0 Å². The van der Waals surface area contributed by atoms with E-state index in [4.69, 9.17) is 14.4 Å². The molecule has 0 unspecified atom stereocenters. The van der Waals surface area contributed by atoms with Crippen LogP contribution in [-0.4, -0.2) is 35.3 Å². The zero-order valence-corrected chi connectivity index (χ0v) is 15.1. The van der Waals surface area contributed by atoms with Crippen molar-refractivity contribution in [2.75, 3.05) is 0 Å². The number of hydrogen-bond donors (Lipinski definition) is 0. The van der Waals surface area contributed by atoms with E-state index in [1.165, 1.54) is 0 Å². The summed E-state index contributed by atoms with van der Waals surface area (Å²) in [4.78, 5) is 33.9. The Hall–Kier alpha value is -2.85. The molecule has 0 spiro atoms. The van der Waals surface area contributed by atoms with Gasteiger partial charge in [0.15, 0.2) is 0 Å². The molecule has 0 fully saturated rings. The van der Waals surface area contributed by atoms with E-state index in [2.05, 4.69) is 35.3 Å². The minimum Gasteiger partial charge on any atom is -0.281 e. The van der Waals surface area contributed by atoms with Crippen LogP contribution in [-0.2, 0) is 35.4 Å². The summed E-state index contributed by atoms with van der Waals surface area (Å²) < 4.78 is 0. The zero-order valence-electron chi connectivity index (χ0n) is 13.1. The van der Waals surface area contributed by atoms with Crippen molar-refractivity contribution >= 4 is 20.4 Å². The molecule has 6 nitrogen and oxygen atoms in total. The molecule has 25 heavy (non-hydrogen) atoms. The molecule has 3 aromatic heterocycles. The first kappa shape index (κ1) is 30.1. The number of pyridine rings is 3. The van der Waals surface area contributed by atoms with Crippen molar-refractivity contribution in [3.8, 4) is 0 Å². The van der Waals surface area contributed by atoms with Crippen molar-refractivity contribution in [3.63, 3.8) is 0 Å². The van der Waals surface area contributed by atoms with Crippen molar-refractivity contribution in [1.82, 2.24) is 15.0 Å². The second-order valence-corrected chi connectivity index (χ2v) is 3.07. The van der Waals surface area contributed by atoms with Crippen LogP contribution in [0.25, 0.3) is 0 Å². The van der Waals surface area contributed by atoms with Gasteiger partial charge in [-0.3, -0.25) is 29.3 Å². The van der Waals surface area contributed by atoms with Crippen LogP contribution in [0.5, 0.6) is 0 Å². The maximum absolute atomic E-state index is 7.50. The number of rotatable bonds is 0. The summed E-state index contributed by atoms with van der Waals surface area (Å²) in [5.74, 6) is 0. The molecule has 3 heterocycles. The number of hydrogen-bond acceptors (Lipinski definition) is 6. The maximum Gasteiger partial charge on any atom is 0.281 e. The first-order valence-electron chi connectivity index (χ1n) is 6.16. The van der Waals surface area contributed by atoms with Crippen molar-refractivity contribution < 1.29 is 35.4 Å². The van der Waals surface area contributed by atoms with Crippen LogP contribution in [0.15, 0.2) is 91.8 Å². The van der Waals surface area contributed by atoms with Gasteiger partial charge in [-0.2, -0.15) is 0 Å². The van der Waals surface area contributed by atoms with Gasteiger partial charge in [-0.05, 0) is 36.4 Å². The Kier molecular flexibility index (Phi) is 45.0. The number of aromatic nitrogens is 3. The van der Waals surface area contributed by atoms with E-state index in [-0.39, 0.29) is 21.1 Å². The molecule has 0 aliphatic heterocycles. The summed E-state index contributed by atoms with van der Waals surface area (Å²) in [5.41, 5.74) is 0. The summed E-state index contributed by atoms with van der Waals surface area (Å²) in [7, 11) is 0. The Morgan fingerprint density at radius 2 is 0.520 bits per heavy atom. The van der Waals surface area contributed by atoms with E-state index >= 15 is 0 Å². The minimum atomic E-state index is 0. The van der Waals surface area contributed by atoms with Crippen molar-refractivity contribution in [1.29, 1.82) is 0 Å². The van der Waals surface area contributed by atoms with E-state index in [1.54, 1.807) is 37.2 Å². The van der Waals surface area contributed by atoms with Crippen LogP contribution in [0.3, 0.4) is 0 Å². The molecule has 0 aliphatic carbocycles. The fraction of sp³-hybridized carbons (Fsp3) is 0. The monoisotopic (exact) mass is 419 g/mol. The Bertz CT molecular complexity index is 360. The second-order valence-electron chi connectivity index (χ2n) is 3.07. The van der Waals surface area contributed by atoms with Crippen molar-refractivity contribution in [3.05, 3.63) is 91.8 Å². The fourth-order valence-electron chi connectivity index (χ4n) is 0.938. The van der Waals surface area contributed by atoms with Crippen LogP contribution in [0, 0.1) is 0 Å². The molecule has 0 amide bonds. The van der Waals surface area contributed by atoms with Gasteiger partial charge < -0.3 is 0 Å². The molecule has 3 rings (SSSR count). The summed E-state index contributed by atoms with van der Waals surface area (Å²) in [6.45, 7) is 13.5. The third-order valence-corrected chi connectivity index (χ3v) is 1.70. The molecule has 0 aromatic carbocycles. The summed E-state index contributed by atoms with van der Waals surface area (Å²) >= 11 is 0. The van der Waals surface area contributed by atoms with Gasteiger partial charge >= 0.3 is 0 Å². The average Bonchev–Trinajstić information content (AvgIpc) is 2.77. The Balaban J connectivity index is -0.000000113. The largest absolute Gasteiger partial charge is 0.281 e. The molecule has 0 saturated carbocycles. The summed E-state index contributed by atoms with van der Waals surface area (Å²) in [6, 6.07) is 17.1. The fourth-order valence-corrected chi connectivity index (χ4v) is 0.938. The number of nitrogens with zero attached hydrogens (tertiary/aromatic N) is 3. The SMILES string of the molecule is [C]=O.[C]=O.[C]=O.[Mo].c1ccncc1.c1ccncc1.c1ccncc1. The average molecular weight is 417 g/mol. The normalized spacial score (nSPS) is 6.24.